The van der Waals surface area contributed by atoms with Crippen LogP contribution in [0.3, 0.4) is 0 Å². The molecule has 0 aliphatic carbocycles. The van der Waals surface area contributed by atoms with E-state index in [0.717, 1.165) is 0 Å². The average molecular weight is 349 g/mol. The average Bonchev–Trinajstić information content (AvgIpc) is 2.38. The van der Waals surface area contributed by atoms with Crippen molar-refractivity contribution in [1.29, 1.82) is 0 Å². The zero-order valence-electron chi connectivity index (χ0n) is 10.9. The van der Waals surface area contributed by atoms with Crippen molar-refractivity contribution in [2.24, 2.45) is 0 Å². The van der Waals surface area contributed by atoms with Gasteiger partial charge in [-0.2, -0.15) is 0 Å². The third kappa shape index (κ3) is 4.09. The molecule has 0 radical (unpaired) electrons. The quantitative estimate of drug-likeness (QED) is 0.774. The smallest absolute Gasteiger partial charge is 0.261 e. The van der Waals surface area contributed by atoms with Crippen LogP contribution in [0.15, 0.2) is 41.3 Å². The van der Waals surface area contributed by atoms with Crippen molar-refractivity contribution >= 4 is 31.3 Å². The molecule has 7 heteroatoms. The first-order valence-electron chi connectivity index (χ1n) is 5.89. The minimum absolute atomic E-state index is 0.0151. The Morgan fingerprint density at radius 1 is 1.19 bits per heavy atom. The predicted octanol–water partition coefficient (Wildman–Crippen LogP) is 4.29. The highest BCUT2D eigenvalue weighted by Crippen LogP contribution is 2.25. The van der Waals surface area contributed by atoms with Crippen LogP contribution < -0.4 is 4.74 Å². The Hall–Kier alpha value is -1.30. The molecule has 0 unspecified atom stereocenters. The van der Waals surface area contributed by atoms with E-state index in [-0.39, 0.29) is 11.5 Å². The first-order chi connectivity index (χ1) is 9.77. The molecule has 112 valence electrons. The third-order valence-corrected chi connectivity index (χ3v) is 4.53. The summed E-state index contributed by atoms with van der Waals surface area (Å²) in [5, 5.41) is 0.412. The number of benzene rings is 2. The van der Waals surface area contributed by atoms with Gasteiger partial charge in [-0.15, -0.1) is 0 Å². The summed E-state index contributed by atoms with van der Waals surface area (Å²) >= 11 is 5.79. The van der Waals surface area contributed by atoms with E-state index in [1.807, 2.05) is 0 Å². The molecule has 0 saturated heterocycles. The first kappa shape index (κ1) is 16.1. The third-order valence-electron chi connectivity index (χ3n) is 2.81. The number of halogens is 3. The van der Waals surface area contributed by atoms with Gasteiger partial charge in [-0.05, 0) is 48.9 Å². The fraction of sp³-hybridized carbons (Fsp3) is 0.143. The molecule has 0 saturated carbocycles. The van der Waals surface area contributed by atoms with Gasteiger partial charge < -0.3 is 4.74 Å². The number of aryl methyl sites for hydroxylation is 1. The molecule has 21 heavy (non-hydrogen) atoms. The molecule has 2 aromatic carbocycles. The molecule has 0 heterocycles. The Balaban J connectivity index is 2.18. The molecule has 2 aromatic rings. The highest BCUT2D eigenvalue weighted by molar-refractivity contribution is 8.13. The molecule has 0 aliphatic rings. The topological polar surface area (TPSA) is 43.4 Å². The van der Waals surface area contributed by atoms with Crippen LogP contribution in [0.2, 0.25) is 5.02 Å². The van der Waals surface area contributed by atoms with Crippen LogP contribution in [0.5, 0.6) is 5.75 Å². The van der Waals surface area contributed by atoms with Crippen LogP contribution in [-0.4, -0.2) is 8.42 Å². The van der Waals surface area contributed by atoms with Gasteiger partial charge in [0.25, 0.3) is 9.05 Å². The lowest BCUT2D eigenvalue weighted by molar-refractivity contribution is 0.299. The number of hydrogen-bond acceptors (Lipinski definition) is 3. The van der Waals surface area contributed by atoms with Crippen LogP contribution in [0.1, 0.15) is 11.1 Å². The van der Waals surface area contributed by atoms with Gasteiger partial charge in [-0.25, -0.2) is 12.8 Å². The van der Waals surface area contributed by atoms with Crippen LogP contribution >= 0.6 is 22.3 Å². The van der Waals surface area contributed by atoms with E-state index >= 15 is 0 Å². The molecule has 2 rings (SSSR count). The summed E-state index contributed by atoms with van der Waals surface area (Å²) in [5.74, 6) is -0.00739. The van der Waals surface area contributed by atoms with E-state index in [9.17, 15) is 12.8 Å². The Kier molecular flexibility index (Phi) is 4.76. The van der Waals surface area contributed by atoms with Crippen LogP contribution in [0.25, 0.3) is 0 Å². The van der Waals surface area contributed by atoms with E-state index in [1.165, 1.54) is 36.4 Å². The largest absolute Gasteiger partial charge is 0.489 e. The summed E-state index contributed by atoms with van der Waals surface area (Å²) in [6, 6.07) is 8.52. The summed E-state index contributed by atoms with van der Waals surface area (Å²) in [6.07, 6.45) is 0. The first-order valence-corrected chi connectivity index (χ1v) is 8.58. The maximum Gasteiger partial charge on any atom is 0.261 e. The highest BCUT2D eigenvalue weighted by Gasteiger charge is 2.14. The zero-order chi connectivity index (χ0) is 15.6. The summed E-state index contributed by atoms with van der Waals surface area (Å²) < 4.78 is 41.6. The molecule has 0 spiro atoms. The Morgan fingerprint density at radius 3 is 2.52 bits per heavy atom. The Morgan fingerprint density at radius 2 is 1.90 bits per heavy atom. The fourth-order valence-electron chi connectivity index (χ4n) is 1.80. The second-order valence-electron chi connectivity index (χ2n) is 4.39. The van der Waals surface area contributed by atoms with Gasteiger partial charge in [0.1, 0.15) is 18.2 Å². The second-order valence-corrected chi connectivity index (χ2v) is 7.36. The molecule has 3 nitrogen and oxygen atoms in total. The van der Waals surface area contributed by atoms with Crippen LogP contribution in [0.4, 0.5) is 4.39 Å². The molecule has 0 atom stereocenters. The minimum Gasteiger partial charge on any atom is -0.489 e. The molecule has 0 bridgehead atoms. The standard InChI is InChI=1S/C14H11Cl2FO3S/c1-9-6-12(3-5-14(9)21(16,18)19)20-8-10-7-11(15)2-4-13(10)17/h2-7H,8H2,1H3. The minimum atomic E-state index is -3.79. The van der Waals surface area contributed by atoms with Crippen LogP contribution in [-0.2, 0) is 15.7 Å². The van der Waals surface area contributed by atoms with Crippen LogP contribution in [0, 0.1) is 12.7 Å². The van der Waals surface area contributed by atoms with Crippen molar-refractivity contribution in [3.8, 4) is 5.75 Å². The lowest BCUT2D eigenvalue weighted by Gasteiger charge is -2.09. The maximum absolute atomic E-state index is 13.5. The normalized spacial score (nSPS) is 11.4. The molecule has 0 amide bonds. The summed E-state index contributed by atoms with van der Waals surface area (Å²) in [6.45, 7) is 1.58. The molecular formula is C14H11Cl2FO3S. The number of ether oxygens (including phenoxy) is 1. The monoisotopic (exact) mass is 348 g/mol. The van der Waals surface area contributed by atoms with Gasteiger partial charge in [0.15, 0.2) is 0 Å². The van der Waals surface area contributed by atoms with Gasteiger partial charge in [0.05, 0.1) is 4.90 Å². The van der Waals surface area contributed by atoms with Gasteiger partial charge in [0.2, 0.25) is 0 Å². The van der Waals surface area contributed by atoms with E-state index in [2.05, 4.69) is 0 Å². The summed E-state index contributed by atoms with van der Waals surface area (Å²) in [4.78, 5) is 0.0189. The van der Waals surface area contributed by atoms with E-state index in [1.54, 1.807) is 6.92 Å². The summed E-state index contributed by atoms with van der Waals surface area (Å²) in [5.41, 5.74) is 0.767. The maximum atomic E-state index is 13.5. The van der Waals surface area contributed by atoms with Gasteiger partial charge >= 0.3 is 0 Å². The molecule has 0 aliphatic heterocycles. The fourth-order valence-corrected chi connectivity index (χ4v) is 3.19. The van der Waals surface area contributed by atoms with Crippen molar-refractivity contribution in [3.05, 3.63) is 58.4 Å². The molecular weight excluding hydrogens is 338 g/mol. The van der Waals surface area contributed by atoms with Gasteiger partial charge in [-0.3, -0.25) is 0 Å². The van der Waals surface area contributed by atoms with E-state index in [4.69, 9.17) is 27.0 Å². The van der Waals surface area contributed by atoms with Gasteiger partial charge in [0, 0.05) is 21.3 Å². The predicted molar refractivity (Wildman–Crippen MR) is 80.0 cm³/mol. The second kappa shape index (κ2) is 6.22. The van der Waals surface area contributed by atoms with Crippen molar-refractivity contribution in [3.63, 3.8) is 0 Å². The van der Waals surface area contributed by atoms with E-state index in [0.29, 0.717) is 21.9 Å². The van der Waals surface area contributed by atoms with Gasteiger partial charge in [-0.1, -0.05) is 11.6 Å². The summed E-state index contributed by atoms with van der Waals surface area (Å²) in [7, 11) is 1.50. The number of rotatable bonds is 4. The van der Waals surface area contributed by atoms with Crippen molar-refractivity contribution in [1.82, 2.24) is 0 Å². The van der Waals surface area contributed by atoms with E-state index < -0.39 is 14.9 Å². The lowest BCUT2D eigenvalue weighted by atomic mass is 10.2. The number of hydrogen-bond donors (Lipinski definition) is 0. The lowest BCUT2D eigenvalue weighted by Crippen LogP contribution is -2.00. The Bertz CT molecular complexity index is 776. The van der Waals surface area contributed by atoms with Crippen molar-refractivity contribution in [2.75, 3.05) is 0 Å². The molecule has 0 aromatic heterocycles. The van der Waals surface area contributed by atoms with Crippen molar-refractivity contribution in [2.45, 2.75) is 18.4 Å². The molecule has 0 fully saturated rings. The highest BCUT2D eigenvalue weighted by atomic mass is 35.7. The van der Waals surface area contributed by atoms with Crippen molar-refractivity contribution < 1.29 is 17.5 Å². The molecule has 0 N–H and O–H groups in total. The zero-order valence-corrected chi connectivity index (χ0v) is 13.3. The Labute approximate surface area is 131 Å². The SMILES string of the molecule is Cc1cc(OCc2cc(Cl)ccc2F)ccc1S(=O)(=O)Cl.